The van der Waals surface area contributed by atoms with Gasteiger partial charge in [0.05, 0.1) is 0 Å². The lowest BCUT2D eigenvalue weighted by atomic mass is 10.2. The minimum absolute atomic E-state index is 0.188. The molecule has 3 nitrogen and oxygen atoms in total. The molecule has 0 radical (unpaired) electrons. The van der Waals surface area contributed by atoms with Crippen LogP contribution in [0.4, 0.5) is 0 Å². The van der Waals surface area contributed by atoms with Crippen LogP contribution >= 0.6 is 11.6 Å². The Bertz CT molecular complexity index is 620. The summed E-state index contributed by atoms with van der Waals surface area (Å²) in [5, 5.41) is 1.43. The Morgan fingerprint density at radius 2 is 1.95 bits per heavy atom. The molecule has 0 N–H and O–H groups in total. The first-order valence-corrected chi connectivity index (χ1v) is 6.23. The Morgan fingerprint density at radius 3 is 2.58 bits per heavy atom. The van der Waals surface area contributed by atoms with Crippen LogP contribution in [0.5, 0.6) is 0 Å². The van der Waals surface area contributed by atoms with Crippen LogP contribution in [0.2, 0.25) is 5.02 Å². The smallest absolute Gasteiger partial charge is 0.290 e. The second-order valence-corrected chi connectivity index (χ2v) is 4.52. The van der Waals surface area contributed by atoms with Crippen LogP contribution in [0, 0.1) is 0 Å². The van der Waals surface area contributed by atoms with Gasteiger partial charge in [-0.15, -0.1) is 13.2 Å². The number of amides is 1. The summed E-state index contributed by atoms with van der Waals surface area (Å²) < 4.78 is 5.54. The van der Waals surface area contributed by atoms with E-state index < -0.39 is 0 Å². The molecule has 0 saturated carbocycles. The van der Waals surface area contributed by atoms with Crippen LogP contribution in [-0.4, -0.2) is 23.9 Å². The molecule has 0 atom stereocenters. The summed E-state index contributed by atoms with van der Waals surface area (Å²) in [6.07, 6.45) is 3.34. The molecule has 0 spiro atoms. The predicted octanol–water partition coefficient (Wildman–Crippen LogP) is 3.90. The van der Waals surface area contributed by atoms with Gasteiger partial charge in [0.25, 0.3) is 5.91 Å². The zero-order valence-electron chi connectivity index (χ0n) is 10.4. The molecule has 2 aromatic rings. The normalized spacial score (nSPS) is 10.4. The maximum Gasteiger partial charge on any atom is 0.290 e. The fraction of sp³-hybridized carbons (Fsp3) is 0.133. The van der Waals surface area contributed by atoms with Crippen LogP contribution in [0.15, 0.2) is 54.0 Å². The van der Waals surface area contributed by atoms with E-state index in [-0.39, 0.29) is 5.91 Å². The van der Waals surface area contributed by atoms with Crippen molar-refractivity contribution in [3.8, 4) is 0 Å². The van der Waals surface area contributed by atoms with Gasteiger partial charge in [-0.25, -0.2) is 0 Å². The Balaban J connectivity index is 2.34. The van der Waals surface area contributed by atoms with E-state index >= 15 is 0 Å². The lowest BCUT2D eigenvalue weighted by Crippen LogP contribution is -2.30. The van der Waals surface area contributed by atoms with E-state index in [4.69, 9.17) is 16.0 Å². The molecule has 4 heteroatoms. The van der Waals surface area contributed by atoms with Gasteiger partial charge in [0, 0.05) is 23.5 Å². The molecule has 0 aliphatic carbocycles. The minimum Gasteiger partial charge on any atom is -0.451 e. The molecule has 0 aliphatic heterocycles. The molecule has 1 aromatic heterocycles. The van der Waals surface area contributed by atoms with Crippen molar-refractivity contribution in [1.82, 2.24) is 4.90 Å². The van der Waals surface area contributed by atoms with Crippen molar-refractivity contribution in [2.45, 2.75) is 0 Å². The van der Waals surface area contributed by atoms with Gasteiger partial charge >= 0.3 is 0 Å². The van der Waals surface area contributed by atoms with Crippen LogP contribution < -0.4 is 0 Å². The van der Waals surface area contributed by atoms with Gasteiger partial charge in [-0.05, 0) is 24.3 Å². The van der Waals surface area contributed by atoms with Crippen molar-refractivity contribution in [3.63, 3.8) is 0 Å². The number of nitrogens with zero attached hydrogens (tertiary/aromatic N) is 1. The van der Waals surface area contributed by atoms with Gasteiger partial charge in [-0.2, -0.15) is 0 Å². The van der Waals surface area contributed by atoms with Crippen molar-refractivity contribution < 1.29 is 9.21 Å². The van der Waals surface area contributed by atoms with Crippen molar-refractivity contribution in [2.24, 2.45) is 0 Å². The number of fused-ring (bicyclic) bond motifs is 1. The van der Waals surface area contributed by atoms with Gasteiger partial charge in [0.1, 0.15) is 5.58 Å². The average molecular weight is 276 g/mol. The molecule has 1 amide bonds. The molecule has 0 aliphatic rings. The van der Waals surface area contributed by atoms with Crippen LogP contribution in [0.3, 0.4) is 0 Å². The highest BCUT2D eigenvalue weighted by Crippen LogP contribution is 2.23. The summed E-state index contributed by atoms with van der Waals surface area (Å²) in [4.78, 5) is 13.9. The highest BCUT2D eigenvalue weighted by Gasteiger charge is 2.18. The fourth-order valence-electron chi connectivity index (χ4n) is 1.83. The Labute approximate surface area is 116 Å². The van der Waals surface area contributed by atoms with E-state index in [0.717, 1.165) is 5.39 Å². The van der Waals surface area contributed by atoms with E-state index in [9.17, 15) is 4.79 Å². The first-order valence-electron chi connectivity index (χ1n) is 5.86. The Kier molecular flexibility index (Phi) is 4.07. The molecule has 19 heavy (non-hydrogen) atoms. The van der Waals surface area contributed by atoms with E-state index in [0.29, 0.717) is 29.5 Å². The molecule has 0 saturated heterocycles. The predicted molar refractivity (Wildman–Crippen MR) is 77.5 cm³/mol. The number of rotatable bonds is 5. The molecular formula is C15H14ClNO2. The summed E-state index contributed by atoms with van der Waals surface area (Å²) in [5.41, 5.74) is 0.643. The zero-order chi connectivity index (χ0) is 13.8. The molecule has 1 aromatic carbocycles. The van der Waals surface area contributed by atoms with E-state index in [1.807, 2.05) is 0 Å². The van der Waals surface area contributed by atoms with Gasteiger partial charge < -0.3 is 9.32 Å². The standard InChI is InChI=1S/C15H14ClNO2/c1-3-7-17(8-4-2)15(18)14-10-11-9-12(16)5-6-13(11)19-14/h3-6,9-10H,1-2,7-8H2. The van der Waals surface area contributed by atoms with Gasteiger partial charge in [0.15, 0.2) is 5.76 Å². The summed E-state index contributed by atoms with van der Waals surface area (Å²) >= 11 is 5.91. The summed E-state index contributed by atoms with van der Waals surface area (Å²) in [7, 11) is 0. The SMILES string of the molecule is C=CCN(CC=C)C(=O)c1cc2cc(Cl)ccc2o1. The average Bonchev–Trinajstić information content (AvgIpc) is 2.80. The van der Waals surface area contributed by atoms with Crippen LogP contribution in [0.25, 0.3) is 11.0 Å². The molecule has 1 heterocycles. The number of hydrogen-bond donors (Lipinski definition) is 0. The largest absolute Gasteiger partial charge is 0.451 e. The minimum atomic E-state index is -0.188. The third-order valence-electron chi connectivity index (χ3n) is 2.68. The molecule has 0 unspecified atom stereocenters. The molecule has 0 fully saturated rings. The highest BCUT2D eigenvalue weighted by atomic mass is 35.5. The molecule has 0 bridgehead atoms. The van der Waals surface area contributed by atoms with Crippen molar-refractivity contribution in [3.05, 3.63) is 60.4 Å². The quantitative estimate of drug-likeness (QED) is 0.776. The second kappa shape index (κ2) is 5.76. The molecular weight excluding hydrogens is 262 g/mol. The van der Waals surface area contributed by atoms with Gasteiger partial charge in [-0.3, -0.25) is 4.79 Å². The van der Waals surface area contributed by atoms with Crippen molar-refractivity contribution in [1.29, 1.82) is 0 Å². The van der Waals surface area contributed by atoms with E-state index in [1.165, 1.54) is 0 Å². The number of carbonyl (C=O) groups is 1. The second-order valence-electron chi connectivity index (χ2n) is 4.08. The summed E-state index contributed by atoms with van der Waals surface area (Å²) in [6, 6.07) is 6.94. The zero-order valence-corrected chi connectivity index (χ0v) is 11.2. The fourth-order valence-corrected chi connectivity index (χ4v) is 2.01. The van der Waals surface area contributed by atoms with Crippen LogP contribution in [0.1, 0.15) is 10.6 Å². The number of carbonyl (C=O) groups excluding carboxylic acids is 1. The lowest BCUT2D eigenvalue weighted by Gasteiger charge is -2.17. The van der Waals surface area contributed by atoms with E-state index in [1.54, 1.807) is 41.3 Å². The third kappa shape index (κ3) is 2.88. The first kappa shape index (κ1) is 13.4. The topological polar surface area (TPSA) is 33.5 Å². The number of furan rings is 1. The molecule has 98 valence electrons. The maximum atomic E-state index is 12.3. The number of benzene rings is 1. The Hall–Kier alpha value is -2.00. The summed E-state index contributed by atoms with van der Waals surface area (Å²) in [6.45, 7) is 8.17. The van der Waals surface area contributed by atoms with Gasteiger partial charge in [0.2, 0.25) is 0 Å². The van der Waals surface area contributed by atoms with Crippen molar-refractivity contribution in [2.75, 3.05) is 13.1 Å². The van der Waals surface area contributed by atoms with Crippen LogP contribution in [-0.2, 0) is 0 Å². The first-order chi connectivity index (χ1) is 9.15. The van der Waals surface area contributed by atoms with E-state index in [2.05, 4.69) is 13.2 Å². The highest BCUT2D eigenvalue weighted by molar-refractivity contribution is 6.31. The number of halogens is 1. The Morgan fingerprint density at radius 1 is 1.26 bits per heavy atom. The maximum absolute atomic E-state index is 12.3. The summed E-state index contributed by atoms with van der Waals surface area (Å²) in [5.74, 6) is 0.105. The monoisotopic (exact) mass is 275 g/mol. The lowest BCUT2D eigenvalue weighted by molar-refractivity contribution is 0.0761. The molecule has 2 rings (SSSR count). The van der Waals surface area contributed by atoms with Gasteiger partial charge in [-0.1, -0.05) is 23.8 Å². The third-order valence-corrected chi connectivity index (χ3v) is 2.91. The van der Waals surface area contributed by atoms with Crippen molar-refractivity contribution >= 4 is 28.5 Å². The number of hydrogen-bond acceptors (Lipinski definition) is 2.